The van der Waals surface area contributed by atoms with Gasteiger partial charge in [-0.1, -0.05) is 23.2 Å². The van der Waals surface area contributed by atoms with E-state index in [4.69, 9.17) is 37.4 Å². The molecular formula is C26H32Cl2N2O6S. The van der Waals surface area contributed by atoms with Gasteiger partial charge < -0.3 is 19.1 Å². The third-order valence-corrected chi connectivity index (χ3v) is 9.24. The van der Waals surface area contributed by atoms with Crippen molar-refractivity contribution in [2.75, 3.05) is 27.3 Å². The molecule has 0 bridgehead atoms. The number of likely N-dealkylation sites (tertiary alicyclic amines) is 1. The van der Waals surface area contributed by atoms with Crippen LogP contribution >= 0.6 is 23.2 Å². The standard InChI is InChI=1S/C26H32Cl2N2O6S/c1-34-24-10-8-21(16-25(24)35-2)37(32,33)29-26(31)17-3-5-18(6-4-17)30-13-11-19(12-14-30)36-20-7-9-22(27)23(28)15-20/h7-10,15-19H,3-6,11-14H2,1-2H3,(H,29,31)/t17-,18-. The number of hydrogen-bond acceptors (Lipinski definition) is 7. The number of sulfonamides is 1. The van der Waals surface area contributed by atoms with Gasteiger partial charge in [0.05, 0.1) is 29.2 Å². The lowest BCUT2D eigenvalue weighted by molar-refractivity contribution is -0.124. The smallest absolute Gasteiger partial charge is 0.264 e. The molecule has 8 nitrogen and oxygen atoms in total. The topological polar surface area (TPSA) is 94.2 Å². The van der Waals surface area contributed by atoms with E-state index >= 15 is 0 Å². The van der Waals surface area contributed by atoms with Crippen molar-refractivity contribution >= 4 is 39.1 Å². The highest BCUT2D eigenvalue weighted by Gasteiger charge is 2.33. The van der Waals surface area contributed by atoms with Crippen molar-refractivity contribution in [3.63, 3.8) is 0 Å². The van der Waals surface area contributed by atoms with Crippen molar-refractivity contribution in [1.82, 2.24) is 9.62 Å². The second kappa shape index (κ2) is 12.1. The minimum atomic E-state index is -4.01. The summed E-state index contributed by atoms with van der Waals surface area (Å²) >= 11 is 12.1. The molecule has 2 aliphatic rings. The lowest BCUT2D eigenvalue weighted by Gasteiger charge is -2.40. The van der Waals surface area contributed by atoms with Crippen LogP contribution in [-0.2, 0) is 14.8 Å². The normalized spacial score (nSPS) is 21.3. The Labute approximate surface area is 228 Å². The number of carbonyl (C=O) groups is 1. The van der Waals surface area contributed by atoms with Crippen molar-refractivity contribution in [3.05, 3.63) is 46.4 Å². The van der Waals surface area contributed by atoms with Crippen LogP contribution in [0.3, 0.4) is 0 Å². The number of ether oxygens (including phenoxy) is 3. The van der Waals surface area contributed by atoms with Crippen LogP contribution in [0.15, 0.2) is 41.3 Å². The summed E-state index contributed by atoms with van der Waals surface area (Å²) in [6, 6.07) is 9.94. The molecule has 1 heterocycles. The van der Waals surface area contributed by atoms with Gasteiger partial charge in [0.1, 0.15) is 11.9 Å². The predicted octanol–water partition coefficient (Wildman–Crippen LogP) is 4.92. The van der Waals surface area contributed by atoms with Gasteiger partial charge in [0.2, 0.25) is 5.91 Å². The second-order valence-corrected chi connectivity index (χ2v) is 11.9. The zero-order chi connectivity index (χ0) is 26.6. The molecule has 1 aliphatic carbocycles. The third-order valence-electron chi connectivity index (χ3n) is 7.15. The molecule has 2 aromatic rings. The van der Waals surface area contributed by atoms with Gasteiger partial charge in [-0.3, -0.25) is 4.79 Å². The first-order valence-corrected chi connectivity index (χ1v) is 14.6. The summed E-state index contributed by atoms with van der Waals surface area (Å²) in [5.41, 5.74) is 0. The molecule has 2 fully saturated rings. The summed E-state index contributed by atoms with van der Waals surface area (Å²) in [5.74, 6) is 0.631. The molecule has 202 valence electrons. The van der Waals surface area contributed by atoms with E-state index in [-0.39, 0.29) is 22.7 Å². The molecule has 1 amide bonds. The molecule has 4 rings (SSSR count). The number of hydrogen-bond donors (Lipinski definition) is 1. The highest BCUT2D eigenvalue weighted by Crippen LogP contribution is 2.33. The summed E-state index contributed by atoms with van der Waals surface area (Å²) in [7, 11) is -1.12. The molecule has 0 aromatic heterocycles. The third kappa shape index (κ3) is 6.82. The quantitative estimate of drug-likeness (QED) is 0.481. The van der Waals surface area contributed by atoms with E-state index in [2.05, 4.69) is 9.62 Å². The van der Waals surface area contributed by atoms with Crippen molar-refractivity contribution in [2.24, 2.45) is 5.92 Å². The Bertz CT molecular complexity index is 1210. The van der Waals surface area contributed by atoms with Gasteiger partial charge in [-0.25, -0.2) is 13.1 Å². The lowest BCUT2D eigenvalue weighted by atomic mass is 9.84. The number of amides is 1. The van der Waals surface area contributed by atoms with Gasteiger partial charge in [-0.15, -0.1) is 0 Å². The van der Waals surface area contributed by atoms with Crippen LogP contribution in [0.4, 0.5) is 0 Å². The number of nitrogens with one attached hydrogen (secondary N) is 1. The van der Waals surface area contributed by atoms with E-state index in [1.807, 2.05) is 6.07 Å². The number of methoxy groups -OCH3 is 2. The zero-order valence-electron chi connectivity index (χ0n) is 20.9. The van der Waals surface area contributed by atoms with Crippen molar-refractivity contribution in [3.8, 4) is 17.2 Å². The van der Waals surface area contributed by atoms with E-state index in [9.17, 15) is 13.2 Å². The molecule has 0 unspecified atom stereocenters. The second-order valence-electron chi connectivity index (χ2n) is 9.42. The fourth-order valence-electron chi connectivity index (χ4n) is 5.06. The Morgan fingerprint density at radius 2 is 1.57 bits per heavy atom. The van der Waals surface area contributed by atoms with Crippen LogP contribution in [0.25, 0.3) is 0 Å². The van der Waals surface area contributed by atoms with Crippen LogP contribution in [0.1, 0.15) is 38.5 Å². The SMILES string of the molecule is COc1ccc(S(=O)(=O)NC(=O)[C@H]2CC[C@H](N3CCC(Oc4ccc(Cl)c(Cl)c4)CC3)CC2)cc1OC. The maximum Gasteiger partial charge on any atom is 0.264 e. The first-order valence-electron chi connectivity index (χ1n) is 12.3. The maximum absolute atomic E-state index is 12.8. The van der Waals surface area contributed by atoms with Gasteiger partial charge >= 0.3 is 0 Å². The average molecular weight is 572 g/mol. The van der Waals surface area contributed by atoms with Gasteiger partial charge in [0.15, 0.2) is 11.5 Å². The van der Waals surface area contributed by atoms with Gasteiger partial charge in [0.25, 0.3) is 10.0 Å². The molecule has 0 spiro atoms. The molecule has 2 aromatic carbocycles. The Morgan fingerprint density at radius 1 is 0.892 bits per heavy atom. The number of rotatable bonds is 8. The molecule has 1 N–H and O–H groups in total. The molecule has 0 atom stereocenters. The fourth-order valence-corrected chi connectivity index (χ4v) is 6.41. The monoisotopic (exact) mass is 570 g/mol. The minimum absolute atomic E-state index is 0.0434. The zero-order valence-corrected chi connectivity index (χ0v) is 23.2. The van der Waals surface area contributed by atoms with Crippen LogP contribution < -0.4 is 18.9 Å². The van der Waals surface area contributed by atoms with Crippen molar-refractivity contribution in [2.45, 2.75) is 55.6 Å². The summed E-state index contributed by atoms with van der Waals surface area (Å²) in [4.78, 5) is 15.2. The van der Waals surface area contributed by atoms with Gasteiger partial charge in [0, 0.05) is 37.2 Å². The van der Waals surface area contributed by atoms with Crippen molar-refractivity contribution in [1.29, 1.82) is 0 Å². The Kier molecular flexibility index (Phi) is 9.11. The Balaban J connectivity index is 1.25. The Morgan fingerprint density at radius 3 is 2.19 bits per heavy atom. The summed E-state index contributed by atoms with van der Waals surface area (Å²) in [5, 5.41) is 0.987. The number of benzene rings is 2. The highest BCUT2D eigenvalue weighted by atomic mass is 35.5. The number of piperidine rings is 1. The first kappa shape index (κ1) is 27.8. The summed E-state index contributed by atoms with van der Waals surface area (Å²) in [6.45, 7) is 1.84. The van der Waals surface area contributed by atoms with Crippen LogP contribution in [0.2, 0.25) is 10.0 Å². The molecule has 1 saturated carbocycles. The maximum atomic E-state index is 12.8. The molecule has 1 saturated heterocycles. The van der Waals surface area contributed by atoms with E-state index in [1.165, 1.54) is 32.4 Å². The van der Waals surface area contributed by atoms with E-state index in [0.717, 1.165) is 44.5 Å². The van der Waals surface area contributed by atoms with Gasteiger partial charge in [-0.05, 0) is 62.8 Å². The summed E-state index contributed by atoms with van der Waals surface area (Å²) < 4.78 is 44.3. The largest absolute Gasteiger partial charge is 0.493 e. The molecule has 1 aliphatic heterocycles. The van der Waals surface area contributed by atoms with Crippen LogP contribution in [-0.4, -0.2) is 58.7 Å². The minimum Gasteiger partial charge on any atom is -0.493 e. The number of nitrogens with zero attached hydrogens (tertiary/aromatic N) is 1. The predicted molar refractivity (Wildman–Crippen MR) is 142 cm³/mol. The van der Waals surface area contributed by atoms with E-state index < -0.39 is 15.9 Å². The van der Waals surface area contributed by atoms with Crippen LogP contribution in [0, 0.1) is 5.92 Å². The summed E-state index contributed by atoms with van der Waals surface area (Å²) in [6.07, 6.45) is 4.95. The molecule has 11 heteroatoms. The van der Waals surface area contributed by atoms with E-state index in [0.29, 0.717) is 34.7 Å². The fraction of sp³-hybridized carbons (Fsp3) is 0.500. The Hall–Kier alpha value is -2.20. The average Bonchev–Trinajstić information content (AvgIpc) is 2.90. The molecule has 37 heavy (non-hydrogen) atoms. The molecular weight excluding hydrogens is 539 g/mol. The highest BCUT2D eigenvalue weighted by molar-refractivity contribution is 7.90. The molecule has 0 radical (unpaired) electrons. The van der Waals surface area contributed by atoms with Crippen LogP contribution in [0.5, 0.6) is 17.2 Å². The number of carbonyl (C=O) groups excluding carboxylic acids is 1. The van der Waals surface area contributed by atoms with Crippen molar-refractivity contribution < 1.29 is 27.4 Å². The van der Waals surface area contributed by atoms with Gasteiger partial charge in [-0.2, -0.15) is 0 Å². The lowest BCUT2D eigenvalue weighted by Crippen LogP contribution is -2.46. The first-order chi connectivity index (χ1) is 17.7. The number of halogens is 2. The van der Waals surface area contributed by atoms with E-state index in [1.54, 1.807) is 12.1 Å².